The van der Waals surface area contributed by atoms with E-state index in [1.165, 1.54) is 0 Å². The lowest BCUT2D eigenvalue weighted by Gasteiger charge is -2.27. The first-order valence-electron chi connectivity index (χ1n) is 23.9. The van der Waals surface area contributed by atoms with Gasteiger partial charge in [-0.2, -0.15) is 0 Å². The quantitative estimate of drug-likeness (QED) is 0.0729. The molecule has 2 aliphatic heterocycles. The molecule has 0 spiro atoms. The van der Waals surface area contributed by atoms with E-state index in [1.807, 2.05) is 27.3 Å². The predicted octanol–water partition coefficient (Wildman–Crippen LogP) is 4.89. The molecule has 16 nitrogen and oxygen atoms in total. The maximum absolute atomic E-state index is 8.46. The van der Waals surface area contributed by atoms with Crippen molar-refractivity contribution in [1.29, 1.82) is 0 Å². The molecule has 2 fully saturated rings. The summed E-state index contributed by atoms with van der Waals surface area (Å²) in [5, 5.41) is 16.0. The fourth-order valence-corrected chi connectivity index (χ4v) is 25.8. The smallest absolute Gasteiger partial charge is 0.193 e. The van der Waals surface area contributed by atoms with E-state index in [2.05, 4.69) is 133 Å². The van der Waals surface area contributed by atoms with Crippen LogP contribution in [0.4, 0.5) is 0 Å². The Kier molecular flexibility index (Phi) is 67.1. The summed E-state index contributed by atoms with van der Waals surface area (Å²) in [6.07, 6.45) is 0. The van der Waals surface area contributed by atoms with Crippen molar-refractivity contribution >= 4 is 85.6 Å². The van der Waals surface area contributed by atoms with E-state index >= 15 is 0 Å². The van der Waals surface area contributed by atoms with Gasteiger partial charge >= 0.3 is 0 Å². The Balaban J connectivity index is -0.000000121. The lowest BCUT2D eigenvalue weighted by atomic mass is 10.2. The van der Waals surface area contributed by atoms with E-state index in [1.54, 1.807) is 35.4 Å². The summed E-state index contributed by atoms with van der Waals surface area (Å²) in [4.78, 5) is 0. The van der Waals surface area contributed by atoms with Gasteiger partial charge in [0.25, 0.3) is 0 Å². The Morgan fingerprint density at radius 2 is 0.727 bits per heavy atom. The van der Waals surface area contributed by atoms with Gasteiger partial charge < -0.3 is 73.4 Å². The van der Waals surface area contributed by atoms with Gasteiger partial charge in [-0.3, -0.25) is 0 Å². The largest absolute Gasteiger partial charge is 0.461 e. The summed E-state index contributed by atoms with van der Waals surface area (Å²) < 4.78 is 72.3. The van der Waals surface area contributed by atoms with Crippen molar-refractivity contribution in [3.05, 3.63) is 0 Å². The molecule has 2 N–H and O–H groups in total. The summed E-state index contributed by atoms with van der Waals surface area (Å²) in [6, 6.07) is 0. The van der Waals surface area contributed by atoms with Crippen LogP contribution in [0.3, 0.4) is 0 Å². The SMILES string of the molecule is CCO.CCOC(C)(C)C.CCOC(C)(C)C.CCOCOC.CCO[Si@H](C)[Si@H](C)OC(C)(C)C.COCO[Si@@H](C)[Si@@H](C)OCO.COCO[Si@H](C)[Si@H](C)OC.C[Si@@H]1O[Si@@H]1C.C[Si@@H]1O[Si@@H]1C. The minimum atomic E-state index is -1.24. The van der Waals surface area contributed by atoms with Crippen LogP contribution in [0.2, 0.25) is 65.5 Å². The fraction of sp³-hybridized carbons (Fsp3) is 1.00. The van der Waals surface area contributed by atoms with Crippen LogP contribution in [0.5, 0.6) is 0 Å². The molecule has 0 aromatic heterocycles. The number of aliphatic hydroxyl groups is 2. The number of methoxy groups -OCH3 is 3. The average molecular weight is 1130 g/mol. The molecule has 2 aliphatic rings. The summed E-state index contributed by atoms with van der Waals surface area (Å²) in [7, 11) is -1.21. The molecule has 2 saturated heterocycles. The first-order chi connectivity index (χ1) is 30.4. The van der Waals surface area contributed by atoms with Crippen molar-refractivity contribution in [2.45, 2.75) is 179 Å². The predicted molar refractivity (Wildman–Crippen MR) is 305 cm³/mol. The Morgan fingerprint density at radius 1 is 0.424 bits per heavy atom. The van der Waals surface area contributed by atoms with Gasteiger partial charge in [0.2, 0.25) is 0 Å². The molecule has 2 heterocycles. The van der Waals surface area contributed by atoms with E-state index in [0.717, 1.165) is 26.4 Å². The van der Waals surface area contributed by atoms with Gasteiger partial charge in [0.15, 0.2) is 85.6 Å². The van der Waals surface area contributed by atoms with E-state index in [-0.39, 0.29) is 64.4 Å². The molecule has 0 bridgehead atoms. The highest BCUT2D eigenvalue weighted by Crippen LogP contribution is 2.11. The first kappa shape index (κ1) is 81.6. The van der Waals surface area contributed by atoms with Crippen LogP contribution in [0.25, 0.3) is 0 Å². The number of hydrogen-bond donors (Lipinski definition) is 2. The lowest BCUT2D eigenvalue weighted by molar-refractivity contribution is -0.0250. The van der Waals surface area contributed by atoms with Crippen molar-refractivity contribution < 1.29 is 73.4 Å². The van der Waals surface area contributed by atoms with E-state index < -0.39 is 51.3 Å². The third-order valence-electron chi connectivity index (χ3n) is 8.15. The van der Waals surface area contributed by atoms with Crippen LogP contribution in [0, 0.1) is 0 Å². The molecular formula is C40H114O16Si10. The molecule has 0 amide bonds. The highest BCUT2D eigenvalue weighted by molar-refractivity contribution is 7.30. The summed E-state index contributed by atoms with van der Waals surface area (Å²) in [5.41, 5.74) is 0.119. The standard InChI is InChI=1S/C8H22O2Si2.2C6H14O.C5H16O4Si2.C5H16O3Si2.C4H10O2.2C2H8OSi2.C2H6O/c1-7-9-11(5)12(6)10-8(2,3)4;2*1-5-7-6(2,3)4;1-7-5-9-11(3)10(2)8-4-6;1-6-5-8-10(4)9(3)7-2;1-3-6-4-5-2;2*1-4-3-5(4)2;1-2-3/h11-12H,7H2,1-6H3;2*5H2,1-4H3;6,10-11H,4-5H2,1-3H3;9-10H,5H2,1-4H3;3-4H2,1-2H3;2*4-5H,1-2H3;3H,2H2,1H3/t11-,12+;;;10-,11+;9-,10+;;2*4-,5+;/m0..01..../s1. The minimum Gasteiger partial charge on any atom is -0.461 e. The second-order valence-electron chi connectivity index (χ2n) is 18.0. The zero-order valence-corrected chi connectivity index (χ0v) is 59.8. The zero-order valence-electron chi connectivity index (χ0n) is 48.2. The van der Waals surface area contributed by atoms with E-state index in [9.17, 15) is 0 Å². The number of hydrogen-bond acceptors (Lipinski definition) is 16. The van der Waals surface area contributed by atoms with Crippen LogP contribution >= 0.6 is 0 Å². The van der Waals surface area contributed by atoms with Crippen LogP contribution in [0.15, 0.2) is 0 Å². The van der Waals surface area contributed by atoms with Gasteiger partial charge in [-0.1, -0.05) is 0 Å². The van der Waals surface area contributed by atoms with Crippen LogP contribution in [-0.4, -0.2) is 201 Å². The Bertz CT molecular complexity index is 888. The summed E-state index contributed by atoms with van der Waals surface area (Å²) in [6.45, 7) is 54.8. The molecule has 410 valence electrons. The average Bonchev–Trinajstić information content (AvgIpc) is 4.09. The fourth-order valence-electron chi connectivity index (χ4n) is 3.74. The van der Waals surface area contributed by atoms with Gasteiger partial charge in [-0.05, 0) is 162 Å². The highest BCUT2D eigenvalue weighted by Gasteiger charge is 2.32. The Labute approximate surface area is 424 Å². The van der Waals surface area contributed by atoms with Crippen LogP contribution in [-0.2, 0) is 63.2 Å². The van der Waals surface area contributed by atoms with Crippen LogP contribution < -0.4 is 0 Å². The molecule has 0 aliphatic carbocycles. The molecule has 66 heavy (non-hydrogen) atoms. The van der Waals surface area contributed by atoms with Gasteiger partial charge in [-0.15, -0.1) is 0 Å². The summed E-state index contributed by atoms with van der Waals surface area (Å²) in [5.74, 6) is 0. The topological polar surface area (TPSA) is 176 Å². The van der Waals surface area contributed by atoms with Crippen molar-refractivity contribution in [2.75, 3.05) is 88.6 Å². The third-order valence-corrected chi connectivity index (χ3v) is 48.4. The lowest BCUT2D eigenvalue weighted by Crippen LogP contribution is -2.41. The molecule has 0 aromatic rings. The molecule has 26 heteroatoms. The van der Waals surface area contributed by atoms with Crippen molar-refractivity contribution in [3.8, 4) is 0 Å². The number of ether oxygens (including phenoxy) is 6. The second-order valence-corrected chi connectivity index (χ2v) is 64.5. The molecule has 10 atom stereocenters. The first-order valence-corrected chi connectivity index (χ1v) is 53.5. The molecule has 0 aromatic carbocycles. The molecule has 0 radical (unpaired) electrons. The van der Waals surface area contributed by atoms with E-state index in [4.69, 9.17) is 68.7 Å². The molecule has 2 rings (SSSR count). The minimum absolute atomic E-state index is 0.0179. The molecular weight excluding hydrogens is 1020 g/mol. The number of aliphatic hydroxyl groups excluding tert-OH is 2. The zero-order chi connectivity index (χ0) is 53.5. The van der Waals surface area contributed by atoms with E-state index in [0.29, 0.717) is 20.4 Å². The van der Waals surface area contributed by atoms with Crippen molar-refractivity contribution in [1.82, 2.24) is 0 Å². The Hall–Kier alpha value is 1.53. The van der Waals surface area contributed by atoms with Gasteiger partial charge in [0.05, 0.1) is 11.2 Å². The third kappa shape index (κ3) is 82.4. The van der Waals surface area contributed by atoms with Crippen molar-refractivity contribution in [2.24, 2.45) is 0 Å². The normalized spacial score (nSPS) is 19.5. The second kappa shape index (κ2) is 54.3. The molecule has 0 unspecified atom stereocenters. The van der Waals surface area contributed by atoms with Gasteiger partial charge in [0.1, 0.15) is 27.2 Å². The number of rotatable bonds is 20. The summed E-state index contributed by atoms with van der Waals surface area (Å²) >= 11 is 0. The molecule has 0 saturated carbocycles. The Morgan fingerprint density at radius 3 is 0.909 bits per heavy atom. The monoisotopic (exact) mass is 1130 g/mol. The maximum atomic E-state index is 8.46. The highest BCUT2D eigenvalue weighted by atomic mass is 29.3. The van der Waals surface area contributed by atoms with Crippen molar-refractivity contribution in [3.63, 3.8) is 0 Å². The maximum Gasteiger partial charge on any atom is 0.193 e. The van der Waals surface area contributed by atoms with Gasteiger partial charge in [0, 0.05) is 67.1 Å². The van der Waals surface area contributed by atoms with Crippen LogP contribution in [0.1, 0.15) is 96.9 Å². The van der Waals surface area contributed by atoms with Gasteiger partial charge in [-0.25, -0.2) is 0 Å².